The Morgan fingerprint density at radius 2 is 1.89 bits per heavy atom. The van der Waals surface area contributed by atoms with Crippen molar-refractivity contribution in [2.24, 2.45) is 0 Å². The zero-order chi connectivity index (χ0) is 19.2. The normalized spacial score (nSPS) is 15.8. The Labute approximate surface area is 164 Å². The van der Waals surface area contributed by atoms with Gasteiger partial charge in [0, 0.05) is 30.5 Å². The second-order valence-electron chi connectivity index (χ2n) is 6.66. The first-order chi connectivity index (χ1) is 13.8. The number of ether oxygens (including phenoxy) is 1. The van der Waals surface area contributed by atoms with Gasteiger partial charge in [0.2, 0.25) is 5.95 Å². The summed E-state index contributed by atoms with van der Waals surface area (Å²) in [7, 11) is 0. The van der Waals surface area contributed by atoms with Crippen LogP contribution in [0.4, 0.5) is 17.5 Å². The molecule has 6 heteroatoms. The lowest BCUT2D eigenvalue weighted by molar-refractivity contribution is 0.120. The first kappa shape index (κ1) is 18.0. The van der Waals surface area contributed by atoms with Crippen LogP contribution in [-0.4, -0.2) is 29.2 Å². The molecule has 140 valence electrons. The zero-order valence-corrected chi connectivity index (χ0v) is 15.4. The highest BCUT2D eigenvalue weighted by Gasteiger charge is 2.16. The molecule has 0 saturated carbocycles. The van der Waals surface area contributed by atoms with Crippen LogP contribution < -0.4 is 10.6 Å². The first-order valence-electron chi connectivity index (χ1n) is 9.37. The van der Waals surface area contributed by atoms with Gasteiger partial charge in [-0.25, -0.2) is 4.98 Å². The first-order valence-corrected chi connectivity index (χ1v) is 9.37. The predicted molar refractivity (Wildman–Crippen MR) is 109 cm³/mol. The maximum absolute atomic E-state index is 8.95. The van der Waals surface area contributed by atoms with Crippen LogP contribution >= 0.6 is 0 Å². The minimum atomic E-state index is 0.227. The summed E-state index contributed by atoms with van der Waals surface area (Å²) in [5.74, 6) is 1.25. The molecule has 2 heterocycles. The molecular weight excluding hydrogens is 350 g/mol. The van der Waals surface area contributed by atoms with E-state index in [2.05, 4.69) is 26.7 Å². The van der Waals surface area contributed by atoms with Crippen LogP contribution in [0.15, 0.2) is 60.7 Å². The zero-order valence-electron chi connectivity index (χ0n) is 15.4. The summed E-state index contributed by atoms with van der Waals surface area (Å²) in [6.45, 7) is 1.55. The molecule has 1 aliphatic rings. The average Bonchev–Trinajstić information content (AvgIpc) is 3.27. The van der Waals surface area contributed by atoms with Crippen molar-refractivity contribution in [3.8, 4) is 17.3 Å². The van der Waals surface area contributed by atoms with Crippen molar-refractivity contribution in [1.82, 2.24) is 9.97 Å². The number of nitrogens with one attached hydrogen (secondary N) is 2. The highest BCUT2D eigenvalue weighted by Crippen LogP contribution is 2.24. The Kier molecular flexibility index (Phi) is 5.46. The molecule has 2 N–H and O–H groups in total. The van der Waals surface area contributed by atoms with Crippen molar-refractivity contribution in [2.75, 3.05) is 23.8 Å². The third kappa shape index (κ3) is 4.45. The second-order valence-corrected chi connectivity index (χ2v) is 6.66. The molecule has 0 aliphatic carbocycles. The second kappa shape index (κ2) is 8.51. The number of nitrogens with zero attached hydrogens (tertiary/aromatic N) is 3. The third-order valence-corrected chi connectivity index (χ3v) is 4.60. The van der Waals surface area contributed by atoms with Crippen molar-refractivity contribution in [3.05, 3.63) is 66.2 Å². The highest BCUT2D eigenvalue weighted by molar-refractivity contribution is 5.66. The van der Waals surface area contributed by atoms with Gasteiger partial charge >= 0.3 is 0 Å². The molecule has 3 aromatic rings. The lowest BCUT2D eigenvalue weighted by Crippen LogP contribution is -2.19. The van der Waals surface area contributed by atoms with E-state index in [1.165, 1.54) is 0 Å². The van der Waals surface area contributed by atoms with E-state index in [0.29, 0.717) is 11.5 Å². The Bertz CT molecular complexity index is 960. The monoisotopic (exact) mass is 371 g/mol. The molecule has 0 amide bonds. The molecule has 1 atom stereocenters. The third-order valence-electron chi connectivity index (χ3n) is 4.60. The standard InChI is InChI=1S/C22H21N5O/c23-14-16-8-10-18(11-9-16)25-22-26-20(17-5-2-1-3-6-17)13-21(27-22)24-15-19-7-4-12-28-19/h1-3,5-6,8-11,13,19H,4,7,12,15H2,(H2,24,25,26,27). The minimum Gasteiger partial charge on any atom is -0.376 e. The number of aromatic nitrogens is 2. The van der Waals surface area contributed by atoms with Crippen LogP contribution in [-0.2, 0) is 4.74 Å². The van der Waals surface area contributed by atoms with Crippen LogP contribution in [0.5, 0.6) is 0 Å². The Morgan fingerprint density at radius 3 is 2.61 bits per heavy atom. The van der Waals surface area contributed by atoms with Gasteiger partial charge in [-0.05, 0) is 37.1 Å². The lowest BCUT2D eigenvalue weighted by atomic mass is 10.1. The van der Waals surface area contributed by atoms with E-state index in [-0.39, 0.29) is 6.10 Å². The van der Waals surface area contributed by atoms with Gasteiger partial charge in [0.1, 0.15) is 5.82 Å². The van der Waals surface area contributed by atoms with E-state index in [1.807, 2.05) is 48.5 Å². The number of hydrogen-bond acceptors (Lipinski definition) is 6. The maximum atomic E-state index is 8.95. The van der Waals surface area contributed by atoms with E-state index in [4.69, 9.17) is 10.00 Å². The maximum Gasteiger partial charge on any atom is 0.229 e. The quantitative estimate of drug-likeness (QED) is 0.670. The number of anilines is 3. The van der Waals surface area contributed by atoms with Crippen molar-refractivity contribution in [1.29, 1.82) is 5.26 Å². The lowest BCUT2D eigenvalue weighted by Gasteiger charge is -2.14. The van der Waals surface area contributed by atoms with Crippen molar-refractivity contribution < 1.29 is 4.74 Å². The summed E-state index contributed by atoms with van der Waals surface area (Å²) in [5.41, 5.74) is 3.30. The molecule has 1 aromatic heterocycles. The average molecular weight is 371 g/mol. The van der Waals surface area contributed by atoms with Crippen molar-refractivity contribution >= 4 is 17.5 Å². The number of hydrogen-bond donors (Lipinski definition) is 2. The SMILES string of the molecule is N#Cc1ccc(Nc2nc(NCC3CCCO3)cc(-c3ccccc3)n2)cc1. The van der Waals surface area contributed by atoms with E-state index in [0.717, 1.165) is 48.8 Å². The number of nitriles is 1. The summed E-state index contributed by atoms with van der Waals surface area (Å²) >= 11 is 0. The van der Waals surface area contributed by atoms with Gasteiger partial charge in [-0.3, -0.25) is 0 Å². The van der Waals surface area contributed by atoms with E-state index in [1.54, 1.807) is 12.1 Å². The molecule has 28 heavy (non-hydrogen) atoms. The highest BCUT2D eigenvalue weighted by atomic mass is 16.5. The fourth-order valence-electron chi connectivity index (χ4n) is 3.13. The molecule has 1 aliphatic heterocycles. The molecule has 0 spiro atoms. The minimum absolute atomic E-state index is 0.227. The van der Waals surface area contributed by atoms with Gasteiger partial charge in [-0.1, -0.05) is 30.3 Å². The largest absolute Gasteiger partial charge is 0.376 e. The van der Waals surface area contributed by atoms with Gasteiger partial charge < -0.3 is 15.4 Å². The summed E-state index contributed by atoms with van der Waals surface area (Å²) in [6, 6.07) is 21.3. The molecular formula is C22H21N5O. The molecule has 1 unspecified atom stereocenters. The molecule has 0 bridgehead atoms. The van der Waals surface area contributed by atoms with Gasteiger partial charge in [0.25, 0.3) is 0 Å². The molecule has 2 aromatic carbocycles. The van der Waals surface area contributed by atoms with E-state index >= 15 is 0 Å². The Hall–Kier alpha value is -3.43. The molecule has 4 rings (SSSR count). The van der Waals surface area contributed by atoms with Gasteiger partial charge in [-0.2, -0.15) is 10.2 Å². The summed E-state index contributed by atoms with van der Waals surface area (Å²) in [6.07, 6.45) is 2.40. The predicted octanol–water partition coefficient (Wildman–Crippen LogP) is 4.35. The Balaban J connectivity index is 1.59. The van der Waals surface area contributed by atoms with Gasteiger partial charge in [-0.15, -0.1) is 0 Å². The van der Waals surface area contributed by atoms with Crippen LogP contribution in [0, 0.1) is 11.3 Å². The fourth-order valence-corrected chi connectivity index (χ4v) is 3.13. The summed E-state index contributed by atoms with van der Waals surface area (Å²) < 4.78 is 5.69. The number of rotatable bonds is 6. The van der Waals surface area contributed by atoms with Crippen molar-refractivity contribution in [2.45, 2.75) is 18.9 Å². The van der Waals surface area contributed by atoms with Gasteiger partial charge in [0.15, 0.2) is 0 Å². The Morgan fingerprint density at radius 1 is 1.07 bits per heavy atom. The molecule has 1 saturated heterocycles. The molecule has 1 fully saturated rings. The topological polar surface area (TPSA) is 82.9 Å². The van der Waals surface area contributed by atoms with Crippen molar-refractivity contribution in [3.63, 3.8) is 0 Å². The number of benzene rings is 2. The van der Waals surface area contributed by atoms with Gasteiger partial charge in [0.05, 0.1) is 23.4 Å². The van der Waals surface area contributed by atoms with Crippen LogP contribution in [0.1, 0.15) is 18.4 Å². The van der Waals surface area contributed by atoms with Crippen LogP contribution in [0.25, 0.3) is 11.3 Å². The van der Waals surface area contributed by atoms with Crippen LogP contribution in [0.3, 0.4) is 0 Å². The molecule has 0 radical (unpaired) electrons. The van der Waals surface area contributed by atoms with E-state index in [9.17, 15) is 0 Å². The fraction of sp³-hybridized carbons (Fsp3) is 0.227. The van der Waals surface area contributed by atoms with E-state index < -0.39 is 0 Å². The smallest absolute Gasteiger partial charge is 0.229 e. The summed E-state index contributed by atoms with van der Waals surface area (Å²) in [4.78, 5) is 9.27. The summed E-state index contributed by atoms with van der Waals surface area (Å²) in [5, 5.41) is 15.6. The molecule has 6 nitrogen and oxygen atoms in total. The van der Waals surface area contributed by atoms with Crippen LogP contribution in [0.2, 0.25) is 0 Å².